The molecule has 2 unspecified atom stereocenters. The Labute approximate surface area is 167 Å². The number of pyridine rings is 1. The summed E-state index contributed by atoms with van der Waals surface area (Å²) < 4.78 is 5.45. The Hall–Kier alpha value is -2.27. The van der Waals surface area contributed by atoms with Crippen molar-refractivity contribution in [3.63, 3.8) is 0 Å². The summed E-state index contributed by atoms with van der Waals surface area (Å²) in [5.74, 6) is 1.57. The molecule has 2 aromatic rings. The molecule has 5 heteroatoms. The van der Waals surface area contributed by atoms with Gasteiger partial charge in [0.15, 0.2) is 0 Å². The third-order valence-corrected chi connectivity index (χ3v) is 6.84. The van der Waals surface area contributed by atoms with Crippen molar-refractivity contribution < 1.29 is 4.74 Å². The number of ether oxygens (including phenoxy) is 1. The zero-order chi connectivity index (χ0) is 19.1. The maximum absolute atomic E-state index is 5.45. The number of fused-ring (bicyclic) bond motifs is 3. The van der Waals surface area contributed by atoms with Gasteiger partial charge in [-0.15, -0.1) is 0 Å². The van der Waals surface area contributed by atoms with E-state index >= 15 is 0 Å². The fourth-order valence-electron chi connectivity index (χ4n) is 5.45. The topological polar surface area (TPSA) is 31.8 Å². The highest BCUT2D eigenvalue weighted by Crippen LogP contribution is 2.50. The molecular weight excluding hydrogens is 348 g/mol. The standard InChI is InChI=1S/C23H30N4O/c1-25-14-15-27-20-10-13-26(12-5-7-19-22(28-2)9-4-11-24-19)16-18(20)17-6-3-8-21(25)23(17)27/h3-4,6,8-9,11,18,20H,5,7,10,12-16H2,1-2H3. The highest BCUT2D eigenvalue weighted by Gasteiger charge is 2.44. The van der Waals surface area contributed by atoms with Gasteiger partial charge in [0, 0.05) is 51.4 Å². The van der Waals surface area contributed by atoms with Gasteiger partial charge < -0.3 is 19.4 Å². The summed E-state index contributed by atoms with van der Waals surface area (Å²) in [7, 11) is 3.96. The average molecular weight is 379 g/mol. The van der Waals surface area contributed by atoms with Crippen molar-refractivity contribution in [1.82, 2.24) is 9.88 Å². The fourth-order valence-corrected chi connectivity index (χ4v) is 5.45. The molecular formula is C23H30N4O. The van der Waals surface area contributed by atoms with E-state index in [9.17, 15) is 0 Å². The molecule has 4 heterocycles. The van der Waals surface area contributed by atoms with Crippen LogP contribution in [0.5, 0.6) is 5.75 Å². The van der Waals surface area contributed by atoms with Gasteiger partial charge in [0.05, 0.1) is 24.2 Å². The molecule has 0 spiro atoms. The van der Waals surface area contributed by atoms with Crippen LogP contribution in [0.25, 0.3) is 0 Å². The Balaban J connectivity index is 1.26. The van der Waals surface area contributed by atoms with Gasteiger partial charge in [-0.2, -0.15) is 0 Å². The predicted octanol–water partition coefficient (Wildman–Crippen LogP) is 3.15. The first kappa shape index (κ1) is 17.8. The number of benzene rings is 1. The van der Waals surface area contributed by atoms with Crippen LogP contribution in [0.1, 0.15) is 30.0 Å². The lowest BCUT2D eigenvalue weighted by atomic mass is 9.89. The molecule has 0 radical (unpaired) electrons. The Morgan fingerprint density at radius 1 is 1.14 bits per heavy atom. The highest BCUT2D eigenvalue weighted by molar-refractivity contribution is 5.80. The number of methoxy groups -OCH3 is 1. The van der Waals surface area contributed by atoms with Gasteiger partial charge in [0.25, 0.3) is 0 Å². The molecule has 1 aromatic carbocycles. The smallest absolute Gasteiger partial charge is 0.140 e. The summed E-state index contributed by atoms with van der Waals surface area (Å²) in [6.45, 7) is 5.82. The van der Waals surface area contributed by atoms with Crippen LogP contribution in [-0.4, -0.2) is 62.8 Å². The zero-order valence-electron chi connectivity index (χ0n) is 17.0. The quantitative estimate of drug-likeness (QED) is 0.798. The lowest BCUT2D eigenvalue weighted by Crippen LogP contribution is -2.49. The van der Waals surface area contributed by atoms with Gasteiger partial charge in [0.2, 0.25) is 0 Å². The molecule has 0 aliphatic carbocycles. The third kappa shape index (κ3) is 2.93. The summed E-state index contributed by atoms with van der Waals surface area (Å²) in [5, 5.41) is 0. The summed E-state index contributed by atoms with van der Waals surface area (Å²) in [6.07, 6.45) is 5.25. The molecule has 0 N–H and O–H groups in total. The SMILES string of the molecule is COc1cccnc1CCCN1CCC2C(C1)c1cccc3c1N2CCN3C. The van der Waals surface area contributed by atoms with Crippen LogP contribution in [0.4, 0.5) is 11.4 Å². The van der Waals surface area contributed by atoms with Gasteiger partial charge >= 0.3 is 0 Å². The number of hydrogen-bond acceptors (Lipinski definition) is 5. The number of aryl methyl sites for hydroxylation is 1. The molecule has 3 aliphatic rings. The number of anilines is 2. The fraction of sp³-hybridized carbons (Fsp3) is 0.522. The van der Waals surface area contributed by atoms with E-state index < -0.39 is 0 Å². The zero-order valence-corrected chi connectivity index (χ0v) is 17.0. The second kappa shape index (κ2) is 7.28. The largest absolute Gasteiger partial charge is 0.495 e. The van der Waals surface area contributed by atoms with Crippen LogP contribution in [0.3, 0.4) is 0 Å². The predicted molar refractivity (Wildman–Crippen MR) is 114 cm³/mol. The van der Waals surface area contributed by atoms with Crippen LogP contribution in [0.2, 0.25) is 0 Å². The van der Waals surface area contributed by atoms with Crippen molar-refractivity contribution in [3.8, 4) is 5.75 Å². The third-order valence-electron chi connectivity index (χ3n) is 6.84. The number of hydrogen-bond donors (Lipinski definition) is 0. The average Bonchev–Trinajstić information content (AvgIpc) is 3.05. The van der Waals surface area contributed by atoms with E-state index in [1.165, 1.54) is 37.4 Å². The molecule has 28 heavy (non-hydrogen) atoms. The summed E-state index contributed by atoms with van der Waals surface area (Å²) in [4.78, 5) is 12.3. The van der Waals surface area contributed by atoms with Gasteiger partial charge in [-0.05, 0) is 49.6 Å². The molecule has 2 atom stereocenters. The summed E-state index contributed by atoms with van der Waals surface area (Å²) in [6, 6.07) is 11.6. The van der Waals surface area contributed by atoms with Crippen molar-refractivity contribution in [2.75, 3.05) is 56.7 Å². The molecule has 1 fully saturated rings. The minimum absolute atomic E-state index is 0.652. The number of para-hydroxylation sites is 1. The van der Waals surface area contributed by atoms with Crippen LogP contribution >= 0.6 is 0 Å². The van der Waals surface area contributed by atoms with E-state index in [-0.39, 0.29) is 0 Å². The van der Waals surface area contributed by atoms with Crippen molar-refractivity contribution in [2.24, 2.45) is 0 Å². The molecule has 1 aromatic heterocycles. The second-order valence-corrected chi connectivity index (χ2v) is 8.35. The lowest BCUT2D eigenvalue weighted by molar-refractivity contribution is 0.191. The maximum Gasteiger partial charge on any atom is 0.140 e. The van der Waals surface area contributed by atoms with Crippen LogP contribution in [0.15, 0.2) is 36.5 Å². The van der Waals surface area contributed by atoms with E-state index in [4.69, 9.17) is 4.74 Å². The molecule has 148 valence electrons. The Kier molecular flexibility index (Phi) is 4.63. The van der Waals surface area contributed by atoms with E-state index in [2.05, 4.69) is 44.9 Å². The number of piperidine rings is 1. The van der Waals surface area contributed by atoms with Gasteiger partial charge in [-0.3, -0.25) is 4.98 Å². The first-order chi connectivity index (χ1) is 13.8. The number of aromatic nitrogens is 1. The van der Waals surface area contributed by atoms with Crippen molar-refractivity contribution >= 4 is 11.4 Å². The van der Waals surface area contributed by atoms with Gasteiger partial charge in [-0.1, -0.05) is 12.1 Å². The molecule has 1 saturated heterocycles. The molecule has 0 amide bonds. The second-order valence-electron chi connectivity index (χ2n) is 8.35. The van der Waals surface area contributed by atoms with Crippen LogP contribution in [0, 0.1) is 0 Å². The minimum atomic E-state index is 0.652. The number of likely N-dealkylation sites (N-methyl/N-ethyl adjacent to an activating group) is 1. The molecule has 0 bridgehead atoms. The minimum Gasteiger partial charge on any atom is -0.495 e. The molecule has 3 aliphatic heterocycles. The number of nitrogens with zero attached hydrogens (tertiary/aromatic N) is 4. The number of rotatable bonds is 5. The van der Waals surface area contributed by atoms with Crippen LogP contribution in [-0.2, 0) is 6.42 Å². The normalized spacial score (nSPS) is 23.5. The van der Waals surface area contributed by atoms with Crippen molar-refractivity contribution in [1.29, 1.82) is 0 Å². The monoisotopic (exact) mass is 378 g/mol. The van der Waals surface area contributed by atoms with Crippen molar-refractivity contribution in [2.45, 2.75) is 31.2 Å². The Morgan fingerprint density at radius 2 is 2.07 bits per heavy atom. The van der Waals surface area contributed by atoms with Crippen molar-refractivity contribution in [3.05, 3.63) is 47.8 Å². The van der Waals surface area contributed by atoms with E-state index in [0.29, 0.717) is 12.0 Å². The molecule has 5 rings (SSSR count). The summed E-state index contributed by atoms with van der Waals surface area (Å²) in [5.41, 5.74) is 5.60. The molecule has 5 nitrogen and oxygen atoms in total. The van der Waals surface area contributed by atoms with Gasteiger partial charge in [0.1, 0.15) is 5.75 Å². The number of likely N-dealkylation sites (tertiary alicyclic amines) is 1. The maximum atomic E-state index is 5.45. The first-order valence-electron chi connectivity index (χ1n) is 10.6. The lowest BCUT2D eigenvalue weighted by Gasteiger charge is -2.41. The van der Waals surface area contributed by atoms with Gasteiger partial charge in [-0.25, -0.2) is 0 Å². The molecule has 0 saturated carbocycles. The van der Waals surface area contributed by atoms with E-state index in [1.807, 2.05) is 18.3 Å². The Morgan fingerprint density at radius 3 is 2.96 bits per heavy atom. The first-order valence-corrected chi connectivity index (χ1v) is 10.6. The highest BCUT2D eigenvalue weighted by atomic mass is 16.5. The summed E-state index contributed by atoms with van der Waals surface area (Å²) >= 11 is 0. The van der Waals surface area contributed by atoms with E-state index in [1.54, 1.807) is 12.7 Å². The van der Waals surface area contributed by atoms with Crippen LogP contribution < -0.4 is 14.5 Å². The Bertz CT molecular complexity index is 854. The van der Waals surface area contributed by atoms with E-state index in [0.717, 1.165) is 37.4 Å².